The maximum absolute atomic E-state index is 12.6. The van der Waals surface area contributed by atoms with Gasteiger partial charge in [0.25, 0.3) is 0 Å². The van der Waals surface area contributed by atoms with Crippen LogP contribution >= 0.6 is 11.8 Å². The molecule has 1 atom stereocenters. The number of hydrogen-bond donors (Lipinski definition) is 1. The zero-order valence-electron chi connectivity index (χ0n) is 17.1. The summed E-state index contributed by atoms with van der Waals surface area (Å²) in [6.07, 6.45) is 0.937. The number of nitrogens with zero attached hydrogens (tertiary/aromatic N) is 4. The van der Waals surface area contributed by atoms with Crippen LogP contribution in [0.2, 0.25) is 0 Å². The second-order valence-corrected chi connectivity index (χ2v) is 9.06. The van der Waals surface area contributed by atoms with Gasteiger partial charge in [-0.1, -0.05) is 11.8 Å². The van der Waals surface area contributed by atoms with Crippen molar-refractivity contribution < 1.29 is 22.7 Å². The van der Waals surface area contributed by atoms with Crippen LogP contribution in [0.5, 0.6) is 5.75 Å². The van der Waals surface area contributed by atoms with Crippen LogP contribution in [0, 0.1) is 0 Å². The van der Waals surface area contributed by atoms with E-state index in [9.17, 15) is 18.0 Å². The normalized spacial score (nSPS) is 18.0. The molecule has 1 amide bonds. The molecule has 0 bridgehead atoms. The number of hydrogen-bond acceptors (Lipinski definition) is 6. The molecule has 1 aromatic carbocycles. The minimum Gasteiger partial charge on any atom is -0.406 e. The molecule has 1 aromatic heterocycles. The van der Waals surface area contributed by atoms with E-state index in [0.29, 0.717) is 11.7 Å². The Morgan fingerprint density at radius 1 is 1.16 bits per heavy atom. The molecule has 0 radical (unpaired) electrons. The summed E-state index contributed by atoms with van der Waals surface area (Å²) in [7, 11) is 0. The summed E-state index contributed by atoms with van der Waals surface area (Å²) >= 11 is 1.34. The monoisotopic (exact) mass is 455 g/mol. The number of carbonyl (C=O) groups excluding carboxylic acids is 1. The summed E-state index contributed by atoms with van der Waals surface area (Å²) in [4.78, 5) is 14.9. The van der Waals surface area contributed by atoms with Gasteiger partial charge in [0.2, 0.25) is 11.9 Å². The van der Waals surface area contributed by atoms with Gasteiger partial charge in [0.1, 0.15) is 5.75 Å². The Labute approximate surface area is 182 Å². The van der Waals surface area contributed by atoms with Crippen molar-refractivity contribution in [3.8, 4) is 5.75 Å². The van der Waals surface area contributed by atoms with Crippen molar-refractivity contribution >= 4 is 29.3 Å². The van der Waals surface area contributed by atoms with E-state index in [1.54, 1.807) is 6.92 Å². The molecule has 1 unspecified atom stereocenters. The smallest absolute Gasteiger partial charge is 0.406 e. The van der Waals surface area contributed by atoms with Crippen LogP contribution in [0.15, 0.2) is 29.4 Å². The summed E-state index contributed by atoms with van der Waals surface area (Å²) < 4.78 is 42.8. The van der Waals surface area contributed by atoms with Gasteiger partial charge in [0, 0.05) is 24.8 Å². The molecular weight excluding hydrogens is 431 g/mol. The molecule has 1 saturated carbocycles. The average Bonchev–Trinajstić information content (AvgIpc) is 3.49. The van der Waals surface area contributed by atoms with Gasteiger partial charge in [0.15, 0.2) is 5.16 Å². The van der Waals surface area contributed by atoms with E-state index in [0.717, 1.165) is 62.0 Å². The van der Waals surface area contributed by atoms with Crippen LogP contribution in [-0.4, -0.2) is 45.4 Å². The molecule has 7 nitrogen and oxygen atoms in total. The Balaban J connectivity index is 1.39. The van der Waals surface area contributed by atoms with Crippen LogP contribution in [0.25, 0.3) is 0 Å². The predicted octanol–water partition coefficient (Wildman–Crippen LogP) is 4.62. The van der Waals surface area contributed by atoms with Gasteiger partial charge in [0.05, 0.1) is 5.25 Å². The predicted molar refractivity (Wildman–Crippen MR) is 111 cm³/mol. The van der Waals surface area contributed by atoms with Gasteiger partial charge in [-0.25, -0.2) is 0 Å². The lowest BCUT2D eigenvalue weighted by molar-refractivity contribution is -0.274. The minimum atomic E-state index is -4.75. The van der Waals surface area contributed by atoms with E-state index in [1.165, 1.54) is 30.3 Å². The van der Waals surface area contributed by atoms with E-state index >= 15 is 0 Å². The van der Waals surface area contributed by atoms with Crippen molar-refractivity contribution in [3.63, 3.8) is 0 Å². The minimum absolute atomic E-state index is 0.264. The third-order valence-corrected chi connectivity index (χ3v) is 6.26. The number of alkyl halides is 3. The number of aromatic nitrogens is 3. The Morgan fingerprint density at radius 3 is 2.45 bits per heavy atom. The van der Waals surface area contributed by atoms with Crippen molar-refractivity contribution in [2.75, 3.05) is 23.3 Å². The number of anilines is 2. The second-order valence-electron chi connectivity index (χ2n) is 7.75. The van der Waals surface area contributed by atoms with E-state index in [2.05, 4.69) is 29.7 Å². The molecule has 1 saturated heterocycles. The Morgan fingerprint density at radius 2 is 1.84 bits per heavy atom. The first kappa shape index (κ1) is 21.8. The molecule has 2 fully saturated rings. The number of rotatable bonds is 7. The Hall–Kier alpha value is -2.43. The fourth-order valence-electron chi connectivity index (χ4n) is 3.51. The van der Waals surface area contributed by atoms with Crippen LogP contribution in [0.1, 0.15) is 45.1 Å². The van der Waals surface area contributed by atoms with Crippen molar-refractivity contribution in [1.29, 1.82) is 0 Å². The van der Waals surface area contributed by atoms with E-state index in [-0.39, 0.29) is 11.7 Å². The Bertz CT molecular complexity index is 909. The van der Waals surface area contributed by atoms with E-state index in [4.69, 9.17) is 0 Å². The zero-order chi connectivity index (χ0) is 22.0. The summed E-state index contributed by atoms with van der Waals surface area (Å²) in [6.45, 7) is 3.72. The lowest BCUT2D eigenvalue weighted by Crippen LogP contribution is -2.32. The lowest BCUT2D eigenvalue weighted by atomic mass is 10.1. The standard InChI is InChI=1S/C20H24F3N5O2S/c1-13(17(29)24-14-5-9-16(10-6-14)30-20(21,22)23)31-19-26-25-18(28(19)15-7-8-15)27-11-3-2-4-12-27/h5-6,9-10,13,15H,2-4,7-8,11-12H2,1H3,(H,24,29). The summed E-state index contributed by atoms with van der Waals surface area (Å²) in [5, 5.41) is 11.8. The van der Waals surface area contributed by atoms with Crippen LogP contribution in [0.3, 0.4) is 0 Å². The first-order valence-corrected chi connectivity index (χ1v) is 11.2. The number of thioether (sulfide) groups is 1. The fraction of sp³-hybridized carbons (Fsp3) is 0.550. The van der Waals surface area contributed by atoms with Crippen LogP contribution in [0.4, 0.5) is 24.8 Å². The summed E-state index contributed by atoms with van der Waals surface area (Å²) in [6, 6.07) is 5.45. The van der Waals surface area contributed by atoms with E-state index < -0.39 is 11.6 Å². The first-order valence-electron chi connectivity index (χ1n) is 10.3. The number of nitrogens with one attached hydrogen (secondary N) is 1. The molecule has 1 aliphatic heterocycles. The number of halogens is 3. The third kappa shape index (κ3) is 5.63. The molecule has 4 rings (SSSR count). The lowest BCUT2D eigenvalue weighted by Gasteiger charge is -2.28. The fourth-order valence-corrected chi connectivity index (χ4v) is 4.42. The molecule has 2 heterocycles. The highest BCUT2D eigenvalue weighted by atomic mass is 32.2. The maximum Gasteiger partial charge on any atom is 0.573 e. The average molecular weight is 456 g/mol. The number of ether oxygens (including phenoxy) is 1. The Kier molecular flexibility index (Phi) is 6.31. The molecule has 2 aliphatic rings. The molecule has 2 aromatic rings. The zero-order valence-corrected chi connectivity index (χ0v) is 17.9. The largest absolute Gasteiger partial charge is 0.573 e. The highest BCUT2D eigenvalue weighted by Gasteiger charge is 2.33. The van der Waals surface area contributed by atoms with Crippen molar-refractivity contribution in [3.05, 3.63) is 24.3 Å². The van der Waals surface area contributed by atoms with Crippen LogP contribution < -0.4 is 15.0 Å². The highest BCUT2D eigenvalue weighted by molar-refractivity contribution is 8.00. The van der Waals surface area contributed by atoms with Crippen molar-refractivity contribution in [2.24, 2.45) is 0 Å². The SMILES string of the molecule is CC(Sc1nnc(N2CCCCC2)n1C1CC1)C(=O)Nc1ccc(OC(F)(F)F)cc1. The molecule has 1 aliphatic carbocycles. The van der Waals surface area contributed by atoms with Crippen molar-refractivity contribution in [2.45, 2.75) is 61.8 Å². The third-order valence-electron chi connectivity index (χ3n) is 5.20. The van der Waals surface area contributed by atoms with Crippen LogP contribution in [-0.2, 0) is 4.79 Å². The number of amides is 1. The van der Waals surface area contributed by atoms with Gasteiger partial charge in [-0.05, 0) is 63.3 Å². The molecule has 11 heteroatoms. The summed E-state index contributed by atoms with van der Waals surface area (Å²) in [5.74, 6) is 0.285. The maximum atomic E-state index is 12.6. The topological polar surface area (TPSA) is 72.3 Å². The quantitative estimate of drug-likeness (QED) is 0.615. The molecular formula is C20H24F3N5O2S. The van der Waals surface area contributed by atoms with Gasteiger partial charge < -0.3 is 15.0 Å². The molecule has 31 heavy (non-hydrogen) atoms. The van der Waals surface area contributed by atoms with Gasteiger partial charge in [-0.2, -0.15) is 0 Å². The van der Waals surface area contributed by atoms with Gasteiger partial charge >= 0.3 is 6.36 Å². The van der Waals surface area contributed by atoms with Gasteiger partial charge in [-0.15, -0.1) is 23.4 Å². The van der Waals surface area contributed by atoms with Crippen molar-refractivity contribution in [1.82, 2.24) is 14.8 Å². The summed E-state index contributed by atoms with van der Waals surface area (Å²) in [5.41, 5.74) is 0.393. The molecule has 0 spiro atoms. The molecule has 168 valence electrons. The highest BCUT2D eigenvalue weighted by Crippen LogP contribution is 2.42. The number of piperidine rings is 1. The first-order chi connectivity index (χ1) is 14.8. The number of carbonyl (C=O) groups is 1. The number of benzene rings is 1. The molecule has 1 N–H and O–H groups in total. The van der Waals surface area contributed by atoms with E-state index in [1.807, 2.05) is 0 Å². The second kappa shape index (κ2) is 8.97. The van der Waals surface area contributed by atoms with Gasteiger partial charge in [-0.3, -0.25) is 9.36 Å².